The minimum Gasteiger partial charge on any atom is -0.453 e. The number of halogens is 2. The van der Waals surface area contributed by atoms with Gasteiger partial charge < -0.3 is 4.74 Å². The van der Waals surface area contributed by atoms with E-state index in [2.05, 4.69) is 15.1 Å². The van der Waals surface area contributed by atoms with Crippen LogP contribution in [-0.4, -0.2) is 30.3 Å². The van der Waals surface area contributed by atoms with E-state index in [9.17, 15) is 13.6 Å². The molecule has 0 unspecified atom stereocenters. The summed E-state index contributed by atoms with van der Waals surface area (Å²) in [6.45, 7) is -3.11. The second kappa shape index (κ2) is 6.34. The van der Waals surface area contributed by atoms with Crippen LogP contribution in [0.3, 0.4) is 0 Å². The van der Waals surface area contributed by atoms with Crippen LogP contribution in [0.5, 0.6) is 0 Å². The summed E-state index contributed by atoms with van der Waals surface area (Å²) in [7, 11) is 0. The molecule has 0 bridgehead atoms. The number of carbonyl (C=O) groups excluding carboxylic acids is 1. The summed E-state index contributed by atoms with van der Waals surface area (Å²) >= 11 is 0. The molecule has 3 rings (SSSR count). The standard InChI is InChI=1S/C14H11F2N5O2/c15-14(16)20-8-6-17-12(20)9-23-13(22)10-3-1-4-11(19-10)21-7-2-5-18-21/h1-8,14H,9H2. The van der Waals surface area contributed by atoms with E-state index in [1.807, 2.05) is 0 Å². The summed E-state index contributed by atoms with van der Waals surface area (Å²) in [5, 5.41) is 4.01. The van der Waals surface area contributed by atoms with Crippen molar-refractivity contribution in [3.05, 3.63) is 60.6 Å². The van der Waals surface area contributed by atoms with Gasteiger partial charge in [-0.05, 0) is 18.2 Å². The molecule has 3 heterocycles. The molecule has 118 valence electrons. The van der Waals surface area contributed by atoms with Crippen LogP contribution in [0, 0.1) is 0 Å². The molecule has 0 aromatic carbocycles. The van der Waals surface area contributed by atoms with Gasteiger partial charge in [-0.1, -0.05) is 6.07 Å². The first-order valence-corrected chi connectivity index (χ1v) is 6.59. The summed E-state index contributed by atoms with van der Waals surface area (Å²) in [5.41, 5.74) is 0.0492. The molecule has 3 aromatic heterocycles. The van der Waals surface area contributed by atoms with Gasteiger partial charge in [-0.25, -0.2) is 19.4 Å². The molecule has 0 N–H and O–H groups in total. The van der Waals surface area contributed by atoms with Gasteiger partial charge in [0.2, 0.25) is 0 Å². The number of esters is 1. The number of imidazole rings is 1. The molecule has 0 spiro atoms. The van der Waals surface area contributed by atoms with Crippen molar-refractivity contribution >= 4 is 5.97 Å². The lowest BCUT2D eigenvalue weighted by atomic mass is 10.3. The van der Waals surface area contributed by atoms with Crippen molar-refractivity contribution < 1.29 is 18.3 Å². The smallest absolute Gasteiger partial charge is 0.357 e. The first-order chi connectivity index (χ1) is 11.1. The molecule has 0 atom stereocenters. The Morgan fingerprint density at radius 1 is 1.22 bits per heavy atom. The highest BCUT2D eigenvalue weighted by molar-refractivity contribution is 5.87. The van der Waals surface area contributed by atoms with E-state index in [4.69, 9.17) is 4.74 Å². The van der Waals surface area contributed by atoms with Gasteiger partial charge in [0.25, 0.3) is 0 Å². The van der Waals surface area contributed by atoms with Gasteiger partial charge in [-0.15, -0.1) is 0 Å². The van der Waals surface area contributed by atoms with Crippen molar-refractivity contribution in [1.82, 2.24) is 24.3 Å². The van der Waals surface area contributed by atoms with Gasteiger partial charge in [-0.3, -0.25) is 4.57 Å². The average Bonchev–Trinajstić information content (AvgIpc) is 3.24. The zero-order chi connectivity index (χ0) is 16.2. The summed E-state index contributed by atoms with van der Waals surface area (Å²) in [4.78, 5) is 19.9. The first-order valence-electron chi connectivity index (χ1n) is 6.59. The number of aromatic nitrogens is 5. The van der Waals surface area contributed by atoms with E-state index < -0.39 is 12.5 Å². The van der Waals surface area contributed by atoms with Crippen LogP contribution in [0.4, 0.5) is 8.78 Å². The fourth-order valence-corrected chi connectivity index (χ4v) is 1.91. The van der Waals surface area contributed by atoms with Crippen molar-refractivity contribution in [2.75, 3.05) is 0 Å². The number of nitrogens with zero attached hydrogens (tertiary/aromatic N) is 5. The molecule has 0 saturated heterocycles. The fraction of sp³-hybridized carbons (Fsp3) is 0.143. The maximum Gasteiger partial charge on any atom is 0.357 e. The Hall–Kier alpha value is -3.10. The van der Waals surface area contributed by atoms with Gasteiger partial charge in [0.1, 0.15) is 6.61 Å². The van der Waals surface area contributed by atoms with Gasteiger partial charge in [0.05, 0.1) is 0 Å². The van der Waals surface area contributed by atoms with Crippen molar-refractivity contribution in [2.45, 2.75) is 13.2 Å². The number of carbonyl (C=O) groups is 1. The monoisotopic (exact) mass is 319 g/mol. The molecule has 0 radical (unpaired) electrons. The number of alkyl halides is 2. The molecule has 9 heteroatoms. The third-order valence-corrected chi connectivity index (χ3v) is 2.97. The minimum absolute atomic E-state index is 0.0448. The van der Waals surface area contributed by atoms with Crippen LogP contribution >= 0.6 is 0 Å². The van der Waals surface area contributed by atoms with Crippen molar-refractivity contribution in [1.29, 1.82) is 0 Å². The lowest BCUT2D eigenvalue weighted by Gasteiger charge is -2.08. The highest BCUT2D eigenvalue weighted by Crippen LogP contribution is 2.13. The Balaban J connectivity index is 1.71. The van der Waals surface area contributed by atoms with E-state index >= 15 is 0 Å². The zero-order valence-electron chi connectivity index (χ0n) is 11.7. The minimum atomic E-state index is -2.74. The van der Waals surface area contributed by atoms with E-state index in [-0.39, 0.29) is 18.1 Å². The normalized spacial score (nSPS) is 10.9. The third-order valence-electron chi connectivity index (χ3n) is 2.97. The van der Waals surface area contributed by atoms with E-state index in [0.717, 1.165) is 6.20 Å². The molecule has 0 saturated carbocycles. The van der Waals surface area contributed by atoms with Crippen molar-refractivity contribution in [2.24, 2.45) is 0 Å². The molecular weight excluding hydrogens is 308 g/mol. The van der Waals surface area contributed by atoms with Gasteiger partial charge in [0.15, 0.2) is 17.3 Å². The molecule has 3 aromatic rings. The maximum atomic E-state index is 12.7. The molecule has 0 amide bonds. The topological polar surface area (TPSA) is 74.8 Å². The van der Waals surface area contributed by atoms with Crippen LogP contribution in [0.15, 0.2) is 49.1 Å². The molecule has 7 nitrogen and oxygen atoms in total. The quantitative estimate of drug-likeness (QED) is 0.674. The summed E-state index contributed by atoms with van der Waals surface area (Å²) in [5.74, 6) is -0.335. The molecule has 0 aliphatic carbocycles. The van der Waals surface area contributed by atoms with Crippen LogP contribution in [0.2, 0.25) is 0 Å². The molecule has 23 heavy (non-hydrogen) atoms. The Kier molecular flexibility index (Phi) is 4.09. The fourth-order valence-electron chi connectivity index (χ4n) is 1.91. The van der Waals surface area contributed by atoms with Gasteiger partial charge in [-0.2, -0.15) is 13.9 Å². The SMILES string of the molecule is O=C(OCc1nccn1C(F)F)c1cccc(-n2cccn2)n1. The second-order valence-corrected chi connectivity index (χ2v) is 4.44. The molecule has 0 aliphatic rings. The largest absolute Gasteiger partial charge is 0.453 e. The number of ether oxygens (including phenoxy) is 1. The van der Waals surface area contributed by atoms with E-state index in [1.54, 1.807) is 30.6 Å². The number of hydrogen-bond donors (Lipinski definition) is 0. The first kappa shape index (κ1) is 14.8. The molecular formula is C14H11F2N5O2. The van der Waals surface area contributed by atoms with E-state index in [0.29, 0.717) is 10.4 Å². The summed E-state index contributed by atoms with van der Waals surface area (Å²) < 4.78 is 32.5. The summed E-state index contributed by atoms with van der Waals surface area (Å²) in [6, 6.07) is 6.49. The number of rotatable bonds is 5. The van der Waals surface area contributed by atoms with E-state index in [1.165, 1.54) is 16.9 Å². The number of hydrogen-bond acceptors (Lipinski definition) is 5. The Labute approximate surface area is 129 Å². The lowest BCUT2D eigenvalue weighted by Crippen LogP contribution is -2.12. The second-order valence-electron chi connectivity index (χ2n) is 4.44. The predicted molar refractivity (Wildman–Crippen MR) is 74.0 cm³/mol. The predicted octanol–water partition coefficient (Wildman–Crippen LogP) is 2.22. The van der Waals surface area contributed by atoms with Crippen molar-refractivity contribution in [3.8, 4) is 5.82 Å². The third kappa shape index (κ3) is 3.23. The van der Waals surface area contributed by atoms with Crippen molar-refractivity contribution in [3.63, 3.8) is 0 Å². The Morgan fingerprint density at radius 2 is 2.09 bits per heavy atom. The molecule has 0 aliphatic heterocycles. The van der Waals surface area contributed by atoms with Crippen LogP contribution < -0.4 is 0 Å². The zero-order valence-corrected chi connectivity index (χ0v) is 11.7. The Morgan fingerprint density at radius 3 is 2.83 bits per heavy atom. The number of pyridine rings is 1. The highest BCUT2D eigenvalue weighted by Gasteiger charge is 2.15. The van der Waals surface area contributed by atoms with Gasteiger partial charge >= 0.3 is 12.5 Å². The highest BCUT2D eigenvalue weighted by atomic mass is 19.3. The summed E-state index contributed by atoms with van der Waals surface area (Å²) in [6.07, 6.45) is 5.59. The maximum absolute atomic E-state index is 12.7. The van der Waals surface area contributed by atoms with Gasteiger partial charge in [0, 0.05) is 24.8 Å². The van der Waals surface area contributed by atoms with Crippen LogP contribution in [-0.2, 0) is 11.3 Å². The van der Waals surface area contributed by atoms with Crippen LogP contribution in [0.1, 0.15) is 22.9 Å². The Bertz CT molecular complexity index is 801. The van der Waals surface area contributed by atoms with Crippen LogP contribution in [0.25, 0.3) is 5.82 Å². The average molecular weight is 319 g/mol. The molecule has 0 fully saturated rings. The lowest BCUT2D eigenvalue weighted by molar-refractivity contribution is 0.0370.